The number of hydrogen-bond acceptors (Lipinski definition) is 3. The fourth-order valence-electron chi connectivity index (χ4n) is 2.05. The third-order valence-corrected chi connectivity index (χ3v) is 3.40. The Balaban J connectivity index is 2.48. The normalized spacial score (nSPS) is 11.3. The summed E-state index contributed by atoms with van der Waals surface area (Å²) in [6, 6.07) is 4.20. The minimum atomic E-state index is 0.733. The summed E-state index contributed by atoms with van der Waals surface area (Å²) in [5.74, 6) is 1.88. The highest BCUT2D eigenvalue weighted by Crippen LogP contribution is 2.10. The molecule has 1 aromatic heterocycles. The van der Waals surface area contributed by atoms with Gasteiger partial charge in [0.2, 0.25) is 0 Å². The Morgan fingerprint density at radius 1 is 1.19 bits per heavy atom. The van der Waals surface area contributed by atoms with Gasteiger partial charge in [0.05, 0.1) is 0 Å². The average Bonchev–Trinajstić information content (AvgIpc) is 2.53. The number of unbranched alkanes of at least 4 members (excludes halogenated alkanes) is 1. The molecular formula is C16H29N5. The van der Waals surface area contributed by atoms with Crippen LogP contribution in [0.4, 0.5) is 5.82 Å². The molecule has 0 fully saturated rings. The van der Waals surface area contributed by atoms with E-state index < -0.39 is 0 Å². The second-order valence-corrected chi connectivity index (χ2v) is 4.90. The number of rotatable bonds is 8. The van der Waals surface area contributed by atoms with Crippen molar-refractivity contribution in [2.75, 3.05) is 31.6 Å². The molecule has 0 aliphatic carbocycles. The van der Waals surface area contributed by atoms with Gasteiger partial charge in [0.1, 0.15) is 5.82 Å². The molecule has 5 nitrogen and oxygen atoms in total. The van der Waals surface area contributed by atoms with Gasteiger partial charge in [0.25, 0.3) is 0 Å². The quantitative estimate of drug-likeness (QED) is 0.439. The predicted octanol–water partition coefficient (Wildman–Crippen LogP) is 2.39. The SMILES string of the molecule is CCCCNC(=NC)NCc1ccc(N(CC)CC)nc1. The van der Waals surface area contributed by atoms with E-state index in [4.69, 9.17) is 0 Å². The van der Waals surface area contributed by atoms with Crippen LogP contribution in [0.2, 0.25) is 0 Å². The van der Waals surface area contributed by atoms with Crippen molar-refractivity contribution in [2.24, 2.45) is 4.99 Å². The van der Waals surface area contributed by atoms with Gasteiger partial charge in [-0.25, -0.2) is 4.98 Å². The van der Waals surface area contributed by atoms with Crippen LogP contribution in [0.1, 0.15) is 39.2 Å². The number of nitrogens with zero attached hydrogens (tertiary/aromatic N) is 3. The Kier molecular flexibility index (Phi) is 8.24. The first kappa shape index (κ1) is 17.3. The van der Waals surface area contributed by atoms with E-state index >= 15 is 0 Å². The van der Waals surface area contributed by atoms with Crippen LogP contribution in [0.5, 0.6) is 0 Å². The molecule has 0 aliphatic heterocycles. The molecule has 21 heavy (non-hydrogen) atoms. The minimum absolute atomic E-state index is 0.733. The maximum Gasteiger partial charge on any atom is 0.191 e. The highest BCUT2D eigenvalue weighted by atomic mass is 15.2. The van der Waals surface area contributed by atoms with E-state index in [0.717, 1.165) is 49.9 Å². The number of anilines is 1. The Morgan fingerprint density at radius 2 is 1.95 bits per heavy atom. The summed E-state index contributed by atoms with van der Waals surface area (Å²) >= 11 is 0. The zero-order chi connectivity index (χ0) is 15.5. The maximum atomic E-state index is 4.53. The van der Waals surface area contributed by atoms with Crippen LogP contribution in [-0.4, -0.2) is 37.6 Å². The van der Waals surface area contributed by atoms with E-state index in [2.05, 4.69) is 58.4 Å². The summed E-state index contributed by atoms with van der Waals surface area (Å²) in [7, 11) is 1.79. The van der Waals surface area contributed by atoms with Crippen molar-refractivity contribution in [3.05, 3.63) is 23.9 Å². The molecule has 5 heteroatoms. The summed E-state index contributed by atoms with van der Waals surface area (Å²) < 4.78 is 0. The molecule has 118 valence electrons. The van der Waals surface area contributed by atoms with Gasteiger partial charge in [-0.05, 0) is 31.9 Å². The van der Waals surface area contributed by atoms with E-state index in [-0.39, 0.29) is 0 Å². The lowest BCUT2D eigenvalue weighted by atomic mass is 10.2. The highest BCUT2D eigenvalue weighted by Gasteiger charge is 2.03. The fraction of sp³-hybridized carbons (Fsp3) is 0.625. The Hall–Kier alpha value is -1.78. The van der Waals surface area contributed by atoms with E-state index in [9.17, 15) is 0 Å². The van der Waals surface area contributed by atoms with Crippen LogP contribution in [0.25, 0.3) is 0 Å². The van der Waals surface area contributed by atoms with Gasteiger partial charge >= 0.3 is 0 Å². The smallest absolute Gasteiger partial charge is 0.191 e. The van der Waals surface area contributed by atoms with Gasteiger partial charge in [-0.3, -0.25) is 4.99 Å². The Labute approximate surface area is 128 Å². The predicted molar refractivity (Wildman–Crippen MR) is 90.9 cm³/mol. The first-order chi connectivity index (χ1) is 10.2. The van der Waals surface area contributed by atoms with Crippen LogP contribution in [0, 0.1) is 0 Å². The molecule has 0 aromatic carbocycles. The van der Waals surface area contributed by atoms with Crippen molar-refractivity contribution in [3.63, 3.8) is 0 Å². The van der Waals surface area contributed by atoms with Gasteiger partial charge in [0, 0.05) is 39.4 Å². The third kappa shape index (κ3) is 6.02. The first-order valence-corrected chi connectivity index (χ1v) is 7.89. The summed E-state index contributed by atoms with van der Waals surface area (Å²) in [6.45, 7) is 10.1. The Morgan fingerprint density at radius 3 is 2.48 bits per heavy atom. The van der Waals surface area contributed by atoms with Crippen LogP contribution < -0.4 is 15.5 Å². The third-order valence-electron chi connectivity index (χ3n) is 3.40. The second kappa shape index (κ2) is 10.0. The van der Waals surface area contributed by atoms with Gasteiger partial charge in [0.15, 0.2) is 5.96 Å². The number of guanidine groups is 1. The zero-order valence-corrected chi connectivity index (χ0v) is 13.8. The second-order valence-electron chi connectivity index (χ2n) is 4.90. The lowest BCUT2D eigenvalue weighted by Gasteiger charge is -2.19. The average molecular weight is 291 g/mol. The van der Waals surface area contributed by atoms with Gasteiger partial charge in [-0.15, -0.1) is 0 Å². The van der Waals surface area contributed by atoms with Crippen molar-refractivity contribution in [1.29, 1.82) is 0 Å². The molecule has 1 heterocycles. The summed E-state index contributed by atoms with van der Waals surface area (Å²) in [5, 5.41) is 6.61. The topological polar surface area (TPSA) is 52.6 Å². The van der Waals surface area contributed by atoms with E-state index in [1.807, 2.05) is 6.20 Å². The minimum Gasteiger partial charge on any atom is -0.357 e. The van der Waals surface area contributed by atoms with Crippen LogP contribution >= 0.6 is 0 Å². The van der Waals surface area contributed by atoms with Crippen molar-refractivity contribution in [2.45, 2.75) is 40.2 Å². The van der Waals surface area contributed by atoms with Gasteiger partial charge < -0.3 is 15.5 Å². The number of aromatic nitrogens is 1. The van der Waals surface area contributed by atoms with Gasteiger partial charge in [-0.1, -0.05) is 19.4 Å². The van der Waals surface area contributed by atoms with E-state index in [0.29, 0.717) is 0 Å². The molecule has 1 rings (SSSR count). The van der Waals surface area contributed by atoms with Crippen molar-refractivity contribution < 1.29 is 0 Å². The van der Waals surface area contributed by atoms with Crippen LogP contribution in [0.3, 0.4) is 0 Å². The lowest BCUT2D eigenvalue weighted by Crippen LogP contribution is -2.37. The largest absolute Gasteiger partial charge is 0.357 e. The molecule has 0 saturated heterocycles. The van der Waals surface area contributed by atoms with Crippen molar-refractivity contribution >= 4 is 11.8 Å². The van der Waals surface area contributed by atoms with Crippen molar-refractivity contribution in [1.82, 2.24) is 15.6 Å². The number of hydrogen-bond donors (Lipinski definition) is 2. The number of pyridine rings is 1. The number of nitrogens with one attached hydrogen (secondary N) is 2. The molecule has 2 N–H and O–H groups in total. The molecule has 0 amide bonds. The zero-order valence-electron chi connectivity index (χ0n) is 13.8. The van der Waals surface area contributed by atoms with E-state index in [1.54, 1.807) is 7.05 Å². The monoisotopic (exact) mass is 291 g/mol. The molecule has 0 bridgehead atoms. The molecule has 0 unspecified atom stereocenters. The maximum absolute atomic E-state index is 4.53. The first-order valence-electron chi connectivity index (χ1n) is 7.89. The molecule has 0 radical (unpaired) electrons. The molecule has 1 aromatic rings. The fourth-order valence-corrected chi connectivity index (χ4v) is 2.05. The molecular weight excluding hydrogens is 262 g/mol. The van der Waals surface area contributed by atoms with Gasteiger partial charge in [-0.2, -0.15) is 0 Å². The summed E-state index contributed by atoms with van der Waals surface area (Å²) in [5.41, 5.74) is 1.16. The molecule has 0 spiro atoms. The molecule has 0 aliphatic rings. The summed E-state index contributed by atoms with van der Waals surface area (Å²) in [6.07, 6.45) is 4.27. The molecule has 0 saturated carbocycles. The Bertz CT molecular complexity index is 409. The number of aliphatic imine (C=N–C) groups is 1. The molecule has 0 atom stereocenters. The van der Waals surface area contributed by atoms with Crippen LogP contribution in [0.15, 0.2) is 23.3 Å². The van der Waals surface area contributed by atoms with Crippen LogP contribution in [-0.2, 0) is 6.54 Å². The van der Waals surface area contributed by atoms with Crippen molar-refractivity contribution in [3.8, 4) is 0 Å². The standard InChI is InChI=1S/C16H29N5/c1-5-8-11-18-16(17-4)20-13-14-9-10-15(19-12-14)21(6-2)7-3/h9-10,12H,5-8,11,13H2,1-4H3,(H2,17,18,20). The lowest BCUT2D eigenvalue weighted by molar-refractivity contribution is 0.728. The summed E-state index contributed by atoms with van der Waals surface area (Å²) in [4.78, 5) is 11.0. The van der Waals surface area contributed by atoms with E-state index in [1.165, 1.54) is 6.42 Å². The highest BCUT2D eigenvalue weighted by molar-refractivity contribution is 5.79.